The molecule has 0 radical (unpaired) electrons. The van der Waals surface area contributed by atoms with Crippen molar-refractivity contribution >= 4 is 56.8 Å². The summed E-state index contributed by atoms with van der Waals surface area (Å²) in [6, 6.07) is 28.0. The Balaban J connectivity index is 0.879. The molecule has 2 saturated carbocycles. The molecule has 0 bridgehead atoms. The lowest BCUT2D eigenvalue weighted by atomic mass is 9.82. The summed E-state index contributed by atoms with van der Waals surface area (Å²) >= 11 is 1.52. The lowest BCUT2D eigenvalue weighted by Gasteiger charge is -2.28. The summed E-state index contributed by atoms with van der Waals surface area (Å²) in [6.45, 7) is 10.6. The quantitative estimate of drug-likeness (QED) is 0.00699. The second-order valence-corrected chi connectivity index (χ2v) is 21.5. The van der Waals surface area contributed by atoms with Crippen LogP contribution in [0.2, 0.25) is 0 Å². The van der Waals surface area contributed by atoms with Crippen molar-refractivity contribution in [3.63, 3.8) is 0 Å². The van der Waals surface area contributed by atoms with E-state index in [9.17, 15) is 19.2 Å². The fraction of sp³-hybridized carbons (Fsp3) is 0.469. The van der Waals surface area contributed by atoms with Gasteiger partial charge in [-0.2, -0.15) is 5.10 Å². The highest BCUT2D eigenvalue weighted by Gasteiger charge is 2.30. The van der Waals surface area contributed by atoms with E-state index in [2.05, 4.69) is 13.2 Å². The first kappa shape index (κ1) is 62.3. The zero-order valence-electron chi connectivity index (χ0n) is 47.3. The van der Waals surface area contributed by atoms with E-state index in [0.717, 1.165) is 92.8 Å². The van der Waals surface area contributed by atoms with Crippen molar-refractivity contribution in [2.75, 3.05) is 71.7 Å². The molecule has 0 amide bonds. The second-order valence-electron chi connectivity index (χ2n) is 20.4. The maximum absolute atomic E-state index is 13.3. The monoisotopic (exact) mass is 1150 g/mol. The number of carbonyl (C=O) groups excluding carboxylic acids is 4. The number of anilines is 1. The largest absolute Gasteiger partial charge is 0.494 e. The van der Waals surface area contributed by atoms with E-state index >= 15 is 0 Å². The summed E-state index contributed by atoms with van der Waals surface area (Å²) in [7, 11) is 1.63. The summed E-state index contributed by atoms with van der Waals surface area (Å²) in [4.78, 5) is 53.7. The number of aromatic nitrogens is 1. The molecule has 1 aromatic heterocycles. The molecule has 0 N–H and O–H groups in total. The number of methoxy groups -OCH3 is 1. The minimum Gasteiger partial charge on any atom is -0.494 e. The molecule has 0 spiro atoms. The number of ether oxygens (including phenoxy) is 10. The molecule has 2 aliphatic rings. The Labute approximate surface area is 485 Å². The molecule has 2 fully saturated rings. The maximum atomic E-state index is 13.3. The van der Waals surface area contributed by atoms with Crippen molar-refractivity contribution in [1.82, 2.24) is 4.98 Å². The molecule has 4 aromatic carbocycles. The summed E-state index contributed by atoms with van der Waals surface area (Å²) in [5, 5.41) is 7.33. The van der Waals surface area contributed by atoms with Gasteiger partial charge >= 0.3 is 23.9 Å². The van der Waals surface area contributed by atoms with E-state index < -0.39 is 11.9 Å². The van der Waals surface area contributed by atoms with Gasteiger partial charge in [0.25, 0.3) is 0 Å². The average molecular weight is 1150 g/mol. The van der Waals surface area contributed by atoms with Crippen molar-refractivity contribution in [3.05, 3.63) is 122 Å². The zero-order valence-corrected chi connectivity index (χ0v) is 48.1. The van der Waals surface area contributed by atoms with Crippen LogP contribution in [0.5, 0.6) is 34.5 Å². The highest BCUT2D eigenvalue weighted by molar-refractivity contribution is 7.22. The summed E-state index contributed by atoms with van der Waals surface area (Å²) < 4.78 is 58.6. The number of thiazole rings is 1. The van der Waals surface area contributed by atoms with E-state index in [1.165, 1.54) is 23.5 Å². The van der Waals surface area contributed by atoms with Gasteiger partial charge in [-0.1, -0.05) is 36.6 Å². The number of hydrogen-bond donors (Lipinski definition) is 0. The molecule has 440 valence electrons. The van der Waals surface area contributed by atoms with Gasteiger partial charge in [0.05, 0.1) is 81.1 Å². The number of unbranched alkanes of at least 4 members (excludes halogenated alkanes) is 6. The van der Waals surface area contributed by atoms with Gasteiger partial charge in [-0.15, -0.1) is 0 Å². The van der Waals surface area contributed by atoms with Gasteiger partial charge in [-0.25, -0.2) is 19.6 Å². The van der Waals surface area contributed by atoms with Crippen LogP contribution < -0.4 is 33.4 Å². The summed E-state index contributed by atoms with van der Waals surface area (Å²) in [5.74, 6) is 2.56. The van der Waals surface area contributed by atoms with Gasteiger partial charge in [0, 0.05) is 24.8 Å². The Morgan fingerprint density at radius 1 is 0.573 bits per heavy atom. The summed E-state index contributed by atoms with van der Waals surface area (Å²) in [6.07, 6.45) is 17.3. The van der Waals surface area contributed by atoms with E-state index in [4.69, 9.17) is 57.5 Å². The number of hydrazone groups is 1. The molecule has 0 aliphatic heterocycles. The SMILES string of the molecule is C=CC(=O)OCCCCCCOc1ccc(OC(=O)C2CCC(COc3ccc(OCC4CCC(C(=O)Oc5ccc(OCCCCCCOC(=O)C=C)cc5)CC4)c(/C=N/N(COCCOC)c4nc5ccccc5s4)c3)CC2)cc1. The fourth-order valence-corrected chi connectivity index (χ4v) is 10.4. The van der Waals surface area contributed by atoms with E-state index in [0.29, 0.717) is 118 Å². The average Bonchev–Trinajstić information content (AvgIpc) is 4.13. The van der Waals surface area contributed by atoms with Crippen LogP contribution in [0.3, 0.4) is 0 Å². The Hall–Kier alpha value is -7.28. The molecule has 0 unspecified atom stereocenters. The van der Waals surface area contributed by atoms with Crippen molar-refractivity contribution in [2.24, 2.45) is 28.8 Å². The predicted octanol–water partition coefficient (Wildman–Crippen LogP) is 12.7. The van der Waals surface area contributed by atoms with Crippen LogP contribution in [-0.4, -0.2) is 102 Å². The number of benzene rings is 4. The van der Waals surface area contributed by atoms with E-state index in [1.807, 2.05) is 66.7 Å². The first-order valence-corrected chi connectivity index (χ1v) is 29.6. The molecule has 0 saturated heterocycles. The Bertz CT molecular complexity index is 2750. The molecule has 0 atom stereocenters. The van der Waals surface area contributed by atoms with Crippen LogP contribution in [-0.2, 0) is 38.1 Å². The molecule has 7 rings (SSSR count). The molecule has 17 nitrogen and oxygen atoms in total. The van der Waals surface area contributed by atoms with Crippen LogP contribution in [0.15, 0.2) is 121 Å². The number of nitrogens with zero attached hydrogens (tertiary/aromatic N) is 3. The lowest BCUT2D eigenvalue weighted by molar-refractivity contribution is -0.141. The highest BCUT2D eigenvalue weighted by atomic mass is 32.1. The minimum atomic E-state index is -0.398. The Morgan fingerprint density at radius 3 is 1.60 bits per heavy atom. The van der Waals surface area contributed by atoms with Gasteiger partial charge in [0.1, 0.15) is 41.2 Å². The van der Waals surface area contributed by atoms with Crippen molar-refractivity contribution in [3.8, 4) is 34.5 Å². The number of carbonyl (C=O) groups is 4. The molecule has 18 heteroatoms. The third kappa shape index (κ3) is 21.6. The minimum absolute atomic E-state index is 0.151. The van der Waals surface area contributed by atoms with Gasteiger partial charge in [0.15, 0.2) is 0 Å². The maximum Gasteiger partial charge on any atom is 0.330 e. The molecule has 1 heterocycles. The smallest absolute Gasteiger partial charge is 0.330 e. The van der Waals surface area contributed by atoms with Crippen molar-refractivity contribution in [1.29, 1.82) is 0 Å². The summed E-state index contributed by atoms with van der Waals surface area (Å²) in [5.41, 5.74) is 1.59. The van der Waals surface area contributed by atoms with Crippen LogP contribution in [0.4, 0.5) is 5.13 Å². The lowest BCUT2D eigenvalue weighted by Crippen LogP contribution is -2.28. The Kier molecular flexibility index (Phi) is 26.5. The topological polar surface area (TPSA) is 189 Å². The van der Waals surface area contributed by atoms with Crippen molar-refractivity contribution in [2.45, 2.75) is 103 Å². The Morgan fingerprint density at radius 2 is 1.07 bits per heavy atom. The molecule has 82 heavy (non-hydrogen) atoms. The first-order valence-electron chi connectivity index (χ1n) is 28.8. The zero-order chi connectivity index (χ0) is 57.6. The third-order valence-corrected chi connectivity index (χ3v) is 15.4. The normalized spacial score (nSPS) is 16.9. The predicted molar refractivity (Wildman–Crippen MR) is 315 cm³/mol. The molecule has 2 aliphatic carbocycles. The molecular formula is C64H79N3O14S. The van der Waals surface area contributed by atoms with Gasteiger partial charge in [0.2, 0.25) is 5.13 Å². The van der Waals surface area contributed by atoms with E-state index in [-0.39, 0.29) is 42.3 Å². The van der Waals surface area contributed by atoms with Crippen LogP contribution in [0.25, 0.3) is 10.2 Å². The standard InChI is InChI=1S/C64H79N3O14S/c1-4-60(68)76-38-14-8-6-12-36-74-52-26-30-54(31-27-52)80-62(70)49-22-18-47(19-23-49)44-78-56-34-35-58(51(42-56)43-65-67(46-73-41-40-72-3)64-66-57-16-10-11-17-59(57)82-64)79-45-48-20-24-50(25-21-48)63(71)81-55-32-28-53(29-33-55)75-37-13-7-9-15-39-77-61(69)5-2/h4-5,10-11,16-17,26-35,42-43,47-50H,1-2,6-9,12-15,18-25,36-41,44-46H2,3H3/b65-43+. The number of hydrogen-bond acceptors (Lipinski definition) is 18. The molecular weight excluding hydrogens is 1070 g/mol. The number of para-hydroxylation sites is 1. The number of rotatable bonds is 36. The first-order chi connectivity index (χ1) is 40.2. The van der Waals surface area contributed by atoms with Gasteiger partial charge < -0.3 is 47.4 Å². The van der Waals surface area contributed by atoms with Gasteiger partial charge in [-0.05, 0) is 193 Å². The highest BCUT2D eigenvalue weighted by Crippen LogP contribution is 2.35. The molecule has 5 aromatic rings. The van der Waals surface area contributed by atoms with Gasteiger partial charge in [-0.3, -0.25) is 9.59 Å². The number of fused-ring (bicyclic) bond motifs is 1. The van der Waals surface area contributed by atoms with Crippen LogP contribution in [0, 0.1) is 23.7 Å². The van der Waals surface area contributed by atoms with Crippen molar-refractivity contribution < 1.29 is 66.5 Å². The van der Waals surface area contributed by atoms with E-state index in [1.54, 1.807) is 42.6 Å². The second kappa shape index (κ2) is 34.9. The third-order valence-electron chi connectivity index (χ3n) is 14.3. The van der Waals surface area contributed by atoms with Crippen LogP contribution >= 0.6 is 11.3 Å². The van der Waals surface area contributed by atoms with Crippen LogP contribution in [0.1, 0.15) is 108 Å². The fourth-order valence-electron chi connectivity index (χ4n) is 9.50. The number of esters is 4.